The van der Waals surface area contributed by atoms with Crippen LogP contribution in [0.4, 0.5) is 13.2 Å². The lowest BCUT2D eigenvalue weighted by molar-refractivity contribution is -0.174. The quantitative estimate of drug-likeness (QED) is 0.623. The Morgan fingerprint density at radius 1 is 1.35 bits per heavy atom. The van der Waals surface area contributed by atoms with Crippen LogP contribution in [0.5, 0.6) is 0 Å². The van der Waals surface area contributed by atoms with Crippen molar-refractivity contribution in [3.8, 4) is 0 Å². The summed E-state index contributed by atoms with van der Waals surface area (Å²) in [5.74, 6) is 0. The van der Waals surface area contributed by atoms with Crippen molar-refractivity contribution < 1.29 is 22.7 Å². The second-order valence-corrected chi connectivity index (χ2v) is 4.66. The van der Waals surface area contributed by atoms with Gasteiger partial charge in [-0.25, -0.2) is 0 Å². The minimum Gasteiger partial charge on any atom is -0.370 e. The van der Waals surface area contributed by atoms with E-state index in [-0.39, 0.29) is 13.2 Å². The third-order valence-electron chi connectivity index (χ3n) is 2.74. The van der Waals surface area contributed by atoms with E-state index in [1.807, 2.05) is 0 Å². The molecule has 0 saturated carbocycles. The summed E-state index contributed by atoms with van der Waals surface area (Å²) in [5, 5.41) is 1.20. The smallest absolute Gasteiger partial charge is 0.370 e. The highest BCUT2D eigenvalue weighted by Gasteiger charge is 2.27. The average Bonchev–Trinajstić information content (AvgIpc) is 2.71. The van der Waals surface area contributed by atoms with Crippen LogP contribution in [0.1, 0.15) is 10.4 Å². The lowest BCUT2D eigenvalue weighted by atomic mass is 10.2. The lowest BCUT2D eigenvalue weighted by Crippen LogP contribution is -2.18. The molecule has 20 heavy (non-hydrogen) atoms. The topological polar surface area (TPSA) is 31.2 Å². The Bertz CT molecular complexity index is 622. The fourth-order valence-corrected chi connectivity index (χ4v) is 2.09. The zero-order chi connectivity index (χ0) is 14.8. The van der Waals surface area contributed by atoms with Gasteiger partial charge < -0.3 is 9.30 Å². The first-order chi connectivity index (χ1) is 9.40. The van der Waals surface area contributed by atoms with E-state index < -0.39 is 12.8 Å². The summed E-state index contributed by atoms with van der Waals surface area (Å²) in [7, 11) is 0. The number of aromatic nitrogens is 1. The molecule has 0 amide bonds. The molecular formula is C13H11ClF3NO2. The van der Waals surface area contributed by atoms with E-state index in [2.05, 4.69) is 4.74 Å². The minimum atomic E-state index is -4.34. The van der Waals surface area contributed by atoms with E-state index in [0.29, 0.717) is 27.8 Å². The Morgan fingerprint density at radius 3 is 2.75 bits per heavy atom. The maximum Gasteiger partial charge on any atom is 0.411 e. The van der Waals surface area contributed by atoms with Gasteiger partial charge in [0.1, 0.15) is 6.61 Å². The van der Waals surface area contributed by atoms with Crippen LogP contribution < -0.4 is 0 Å². The zero-order valence-electron chi connectivity index (χ0n) is 10.3. The van der Waals surface area contributed by atoms with Gasteiger partial charge in [0.15, 0.2) is 6.29 Å². The Balaban J connectivity index is 2.13. The molecule has 0 aliphatic carbocycles. The molecule has 1 aromatic carbocycles. The van der Waals surface area contributed by atoms with Crippen molar-refractivity contribution in [3.05, 3.63) is 35.0 Å². The van der Waals surface area contributed by atoms with Gasteiger partial charge in [0.2, 0.25) is 0 Å². The Kier molecular flexibility index (Phi) is 4.35. The Hall–Kier alpha value is -1.53. The summed E-state index contributed by atoms with van der Waals surface area (Å²) in [6.07, 6.45) is -2.07. The fourth-order valence-electron chi connectivity index (χ4n) is 1.92. The largest absolute Gasteiger partial charge is 0.411 e. The number of benzene rings is 1. The third-order valence-corrected chi connectivity index (χ3v) is 2.98. The highest BCUT2D eigenvalue weighted by Crippen LogP contribution is 2.24. The van der Waals surface area contributed by atoms with Crippen LogP contribution in [-0.4, -0.2) is 30.2 Å². The van der Waals surface area contributed by atoms with Crippen molar-refractivity contribution in [3.63, 3.8) is 0 Å². The Morgan fingerprint density at radius 2 is 2.10 bits per heavy atom. The van der Waals surface area contributed by atoms with Gasteiger partial charge in [0, 0.05) is 28.7 Å². The molecule has 3 nitrogen and oxygen atoms in total. The summed E-state index contributed by atoms with van der Waals surface area (Å²) < 4.78 is 42.1. The van der Waals surface area contributed by atoms with Crippen molar-refractivity contribution in [2.24, 2.45) is 0 Å². The SMILES string of the molecule is O=Cc1cn(CCOCC(F)(F)F)c2cc(Cl)ccc12. The number of carbonyl (C=O) groups excluding carboxylic acids is 1. The molecule has 0 saturated heterocycles. The second-order valence-electron chi connectivity index (χ2n) is 4.22. The first-order valence-corrected chi connectivity index (χ1v) is 6.16. The van der Waals surface area contributed by atoms with E-state index in [1.165, 1.54) is 0 Å². The van der Waals surface area contributed by atoms with Crippen LogP contribution in [-0.2, 0) is 11.3 Å². The van der Waals surface area contributed by atoms with Crippen molar-refractivity contribution in [2.75, 3.05) is 13.2 Å². The van der Waals surface area contributed by atoms with Gasteiger partial charge in [-0.3, -0.25) is 4.79 Å². The van der Waals surface area contributed by atoms with E-state index in [0.717, 1.165) is 0 Å². The number of aldehydes is 1. The normalized spacial score (nSPS) is 12.0. The Labute approximate surface area is 117 Å². The van der Waals surface area contributed by atoms with Crippen molar-refractivity contribution >= 4 is 28.8 Å². The predicted octanol–water partition coefficient (Wildman–Crippen LogP) is 3.69. The summed E-state index contributed by atoms with van der Waals surface area (Å²) in [6.45, 7) is -1.18. The van der Waals surface area contributed by atoms with Crippen LogP contribution in [0.25, 0.3) is 10.9 Å². The molecule has 108 valence electrons. The maximum absolute atomic E-state index is 12.0. The number of rotatable bonds is 5. The monoisotopic (exact) mass is 305 g/mol. The first-order valence-electron chi connectivity index (χ1n) is 5.79. The molecule has 0 spiro atoms. The number of alkyl halides is 3. The summed E-state index contributed by atoms with van der Waals surface area (Å²) in [6, 6.07) is 5.02. The molecule has 0 unspecified atom stereocenters. The molecule has 1 aromatic heterocycles. The van der Waals surface area contributed by atoms with Crippen LogP contribution in [0.3, 0.4) is 0 Å². The first kappa shape index (κ1) is 14.9. The van der Waals surface area contributed by atoms with E-state index in [1.54, 1.807) is 29.0 Å². The van der Waals surface area contributed by atoms with Crippen molar-refractivity contribution in [2.45, 2.75) is 12.7 Å². The van der Waals surface area contributed by atoms with Crippen LogP contribution in [0.15, 0.2) is 24.4 Å². The van der Waals surface area contributed by atoms with Gasteiger partial charge in [-0.05, 0) is 12.1 Å². The van der Waals surface area contributed by atoms with Gasteiger partial charge >= 0.3 is 6.18 Å². The molecule has 0 N–H and O–H groups in total. The number of carbonyl (C=O) groups is 1. The molecule has 0 aliphatic rings. The molecule has 0 bridgehead atoms. The van der Waals surface area contributed by atoms with Gasteiger partial charge in [-0.1, -0.05) is 17.7 Å². The molecule has 2 aromatic rings. The molecule has 0 fully saturated rings. The zero-order valence-corrected chi connectivity index (χ0v) is 11.0. The van der Waals surface area contributed by atoms with E-state index in [4.69, 9.17) is 11.6 Å². The molecule has 0 aliphatic heterocycles. The third kappa shape index (κ3) is 3.52. The van der Waals surface area contributed by atoms with Crippen LogP contribution >= 0.6 is 11.6 Å². The van der Waals surface area contributed by atoms with Crippen molar-refractivity contribution in [1.29, 1.82) is 0 Å². The summed E-state index contributed by atoms with van der Waals surface area (Å²) in [5.41, 5.74) is 1.16. The summed E-state index contributed by atoms with van der Waals surface area (Å²) in [4.78, 5) is 11.0. The molecule has 0 radical (unpaired) electrons. The highest BCUT2D eigenvalue weighted by molar-refractivity contribution is 6.31. The average molecular weight is 306 g/mol. The lowest BCUT2D eigenvalue weighted by Gasteiger charge is -2.09. The number of halogens is 4. The fraction of sp³-hybridized carbons (Fsp3) is 0.308. The second kappa shape index (κ2) is 5.85. The van der Waals surface area contributed by atoms with Crippen molar-refractivity contribution in [1.82, 2.24) is 4.57 Å². The van der Waals surface area contributed by atoms with Gasteiger partial charge in [0.25, 0.3) is 0 Å². The number of nitrogens with zero attached hydrogens (tertiary/aromatic N) is 1. The van der Waals surface area contributed by atoms with Gasteiger partial charge in [-0.15, -0.1) is 0 Å². The molecule has 7 heteroatoms. The predicted molar refractivity (Wildman–Crippen MR) is 69.2 cm³/mol. The van der Waals surface area contributed by atoms with E-state index >= 15 is 0 Å². The molecule has 2 rings (SSSR count). The number of hydrogen-bond donors (Lipinski definition) is 0. The number of ether oxygens (including phenoxy) is 1. The highest BCUT2D eigenvalue weighted by atomic mass is 35.5. The van der Waals surface area contributed by atoms with Crippen LogP contribution in [0, 0.1) is 0 Å². The van der Waals surface area contributed by atoms with Crippen LogP contribution in [0.2, 0.25) is 5.02 Å². The number of hydrogen-bond acceptors (Lipinski definition) is 2. The minimum absolute atomic E-state index is 0.103. The van der Waals surface area contributed by atoms with E-state index in [9.17, 15) is 18.0 Å². The standard InChI is InChI=1S/C13H11ClF3NO2/c14-10-1-2-11-9(7-19)6-18(12(11)5-10)3-4-20-8-13(15,16)17/h1-2,5-7H,3-4,8H2. The molecule has 0 atom stereocenters. The molecular weight excluding hydrogens is 295 g/mol. The molecule has 1 heterocycles. The number of fused-ring (bicyclic) bond motifs is 1. The maximum atomic E-state index is 12.0. The summed E-state index contributed by atoms with van der Waals surface area (Å²) >= 11 is 5.88. The van der Waals surface area contributed by atoms with Gasteiger partial charge in [0.05, 0.1) is 12.1 Å². The van der Waals surface area contributed by atoms with Gasteiger partial charge in [-0.2, -0.15) is 13.2 Å².